The molecule has 1 fully saturated rings. The quantitative estimate of drug-likeness (QED) is 0.577. The highest BCUT2D eigenvalue weighted by atomic mass is 32.2. The predicted octanol–water partition coefficient (Wildman–Crippen LogP) is 2.62. The van der Waals surface area contributed by atoms with Crippen LogP contribution in [-0.2, 0) is 19.6 Å². The minimum Gasteiger partial charge on any atom is -0.459 e. The summed E-state index contributed by atoms with van der Waals surface area (Å²) in [5.41, 5.74) is 0.424. The van der Waals surface area contributed by atoms with Gasteiger partial charge in [0.1, 0.15) is 11.6 Å². The fourth-order valence-electron chi connectivity index (χ4n) is 2.97. The van der Waals surface area contributed by atoms with Crippen LogP contribution in [0.5, 0.6) is 0 Å². The van der Waals surface area contributed by atoms with E-state index >= 15 is 0 Å². The van der Waals surface area contributed by atoms with Crippen molar-refractivity contribution in [2.45, 2.75) is 83.2 Å². The maximum atomic E-state index is 13.0. The zero-order valence-electron chi connectivity index (χ0n) is 14.3. The minimum atomic E-state index is -3.60. The molecule has 0 aromatic rings. The summed E-state index contributed by atoms with van der Waals surface area (Å²) in [6.07, 6.45) is 4.41. The minimum absolute atomic E-state index is 0.179. The lowest BCUT2D eigenvalue weighted by Gasteiger charge is -2.34. The van der Waals surface area contributed by atoms with Crippen molar-refractivity contribution >= 4 is 16.0 Å². The lowest BCUT2D eigenvalue weighted by molar-refractivity contribution is -0.157. The molecule has 2 rings (SSSR count). The number of carbonyl (C=O) groups excluding carboxylic acids is 1. The lowest BCUT2D eigenvalue weighted by Crippen LogP contribution is -2.52. The normalized spacial score (nSPS) is 26.7. The van der Waals surface area contributed by atoms with Crippen LogP contribution < -0.4 is 0 Å². The molecule has 0 saturated heterocycles. The van der Waals surface area contributed by atoms with Crippen LogP contribution in [0.4, 0.5) is 0 Å². The Kier molecular flexibility index (Phi) is 4.24. The van der Waals surface area contributed by atoms with E-state index in [2.05, 4.69) is 0 Å². The fourth-order valence-corrected chi connectivity index (χ4v) is 4.63. The second kappa shape index (κ2) is 5.34. The molecule has 0 aromatic carbocycles. The van der Waals surface area contributed by atoms with Gasteiger partial charge in [0, 0.05) is 6.04 Å². The van der Waals surface area contributed by atoms with Crippen molar-refractivity contribution in [1.29, 1.82) is 0 Å². The Balaban J connectivity index is 2.39. The second-order valence-corrected chi connectivity index (χ2v) is 10.7. The molecule has 6 heteroatoms. The molecule has 1 aliphatic heterocycles. The molecular formula is C16H27NO4S. The van der Waals surface area contributed by atoms with E-state index in [4.69, 9.17) is 4.74 Å². The first-order valence-corrected chi connectivity index (χ1v) is 9.25. The molecule has 22 heavy (non-hydrogen) atoms. The fraction of sp³-hybridized carbons (Fsp3) is 0.812. The van der Waals surface area contributed by atoms with Gasteiger partial charge < -0.3 is 4.74 Å². The monoisotopic (exact) mass is 329 g/mol. The van der Waals surface area contributed by atoms with E-state index in [1.54, 1.807) is 47.6 Å². The molecule has 1 heterocycles. The van der Waals surface area contributed by atoms with Gasteiger partial charge >= 0.3 is 5.97 Å². The molecule has 1 saturated carbocycles. The van der Waals surface area contributed by atoms with E-state index in [1.807, 2.05) is 0 Å². The first-order valence-electron chi connectivity index (χ1n) is 7.81. The summed E-state index contributed by atoms with van der Waals surface area (Å²) in [6.45, 7) is 10.4. The number of hydrogen-bond acceptors (Lipinski definition) is 4. The standard InChI is InChI=1S/C16H27NO4S/c1-15(2,3)21-14(18)13-10-11-8-7-9-12(11)17(13)22(19,20)16(4,5)6/h10,12-13H,7-9H2,1-6H3/t12-,13-/m0/s1. The predicted molar refractivity (Wildman–Crippen MR) is 85.9 cm³/mol. The third-order valence-corrected chi connectivity index (χ3v) is 6.61. The van der Waals surface area contributed by atoms with Crippen LogP contribution in [0.1, 0.15) is 60.8 Å². The summed E-state index contributed by atoms with van der Waals surface area (Å²) in [5, 5.41) is 0. The van der Waals surface area contributed by atoms with Crippen LogP contribution >= 0.6 is 0 Å². The molecule has 2 atom stereocenters. The number of esters is 1. The number of carbonyl (C=O) groups is 1. The van der Waals surface area contributed by atoms with Gasteiger partial charge in [0.15, 0.2) is 0 Å². The smallest absolute Gasteiger partial charge is 0.328 e. The maximum absolute atomic E-state index is 13.0. The van der Waals surface area contributed by atoms with Crippen LogP contribution in [0.15, 0.2) is 11.6 Å². The van der Waals surface area contributed by atoms with Crippen LogP contribution in [0.25, 0.3) is 0 Å². The SMILES string of the molecule is CC(C)(C)OC(=O)[C@@H]1C=C2CCC[C@@H]2N1S(=O)(=O)C(C)(C)C. The molecule has 1 aliphatic carbocycles. The number of nitrogens with zero attached hydrogens (tertiary/aromatic N) is 1. The Bertz CT molecular complexity index is 593. The van der Waals surface area contributed by atoms with Gasteiger partial charge in [-0.1, -0.05) is 11.6 Å². The highest BCUT2D eigenvalue weighted by Crippen LogP contribution is 2.41. The van der Waals surface area contributed by atoms with E-state index in [0.717, 1.165) is 24.8 Å². The van der Waals surface area contributed by atoms with Crippen molar-refractivity contribution < 1.29 is 17.9 Å². The van der Waals surface area contributed by atoms with Gasteiger partial charge in [0.25, 0.3) is 0 Å². The second-order valence-electron chi connectivity index (χ2n) is 8.08. The summed E-state index contributed by atoms with van der Waals surface area (Å²) in [4.78, 5) is 12.5. The third kappa shape index (κ3) is 3.08. The van der Waals surface area contributed by atoms with Crippen molar-refractivity contribution in [2.24, 2.45) is 0 Å². The molecule has 2 aliphatic rings. The van der Waals surface area contributed by atoms with E-state index in [0.29, 0.717) is 0 Å². The Hall–Kier alpha value is -0.880. The van der Waals surface area contributed by atoms with Crippen LogP contribution in [-0.4, -0.2) is 41.1 Å². The van der Waals surface area contributed by atoms with E-state index < -0.39 is 32.4 Å². The molecule has 0 unspecified atom stereocenters. The Morgan fingerprint density at radius 3 is 2.32 bits per heavy atom. The van der Waals surface area contributed by atoms with Crippen molar-refractivity contribution in [1.82, 2.24) is 4.31 Å². The summed E-state index contributed by atoms with van der Waals surface area (Å²) < 4.78 is 31.8. The molecule has 126 valence electrons. The van der Waals surface area contributed by atoms with Gasteiger partial charge in [-0.25, -0.2) is 13.2 Å². The van der Waals surface area contributed by atoms with Gasteiger partial charge in [-0.3, -0.25) is 0 Å². The summed E-state index contributed by atoms with van der Waals surface area (Å²) in [7, 11) is -3.60. The first-order chi connectivity index (χ1) is 9.84. The van der Waals surface area contributed by atoms with Crippen LogP contribution in [0.3, 0.4) is 0 Å². The average molecular weight is 329 g/mol. The third-order valence-electron chi connectivity index (χ3n) is 4.02. The van der Waals surface area contributed by atoms with Crippen molar-refractivity contribution in [3.05, 3.63) is 11.6 Å². The summed E-state index contributed by atoms with van der Waals surface area (Å²) >= 11 is 0. The van der Waals surface area contributed by atoms with Crippen molar-refractivity contribution in [3.63, 3.8) is 0 Å². The first kappa shape index (κ1) is 17.5. The van der Waals surface area contributed by atoms with Gasteiger partial charge in [-0.2, -0.15) is 4.31 Å². The topological polar surface area (TPSA) is 63.7 Å². The number of rotatable bonds is 2. The molecule has 0 bridgehead atoms. The van der Waals surface area contributed by atoms with E-state index in [-0.39, 0.29) is 6.04 Å². The van der Waals surface area contributed by atoms with Gasteiger partial charge in [0.05, 0.1) is 4.75 Å². The van der Waals surface area contributed by atoms with Gasteiger partial charge in [-0.05, 0) is 60.8 Å². The number of fused-ring (bicyclic) bond motifs is 1. The van der Waals surface area contributed by atoms with Crippen LogP contribution in [0.2, 0.25) is 0 Å². The Morgan fingerprint density at radius 2 is 1.82 bits per heavy atom. The van der Waals surface area contributed by atoms with E-state index in [1.165, 1.54) is 4.31 Å². The average Bonchev–Trinajstić information content (AvgIpc) is 2.82. The molecular weight excluding hydrogens is 302 g/mol. The molecule has 0 amide bonds. The van der Waals surface area contributed by atoms with E-state index in [9.17, 15) is 13.2 Å². The Morgan fingerprint density at radius 1 is 1.23 bits per heavy atom. The largest absolute Gasteiger partial charge is 0.459 e. The molecule has 0 radical (unpaired) electrons. The zero-order chi connectivity index (χ0) is 16.9. The van der Waals surface area contributed by atoms with Gasteiger partial charge in [-0.15, -0.1) is 0 Å². The van der Waals surface area contributed by atoms with Crippen LogP contribution in [0, 0.1) is 0 Å². The lowest BCUT2D eigenvalue weighted by atomic mass is 10.1. The Labute approximate surface area is 133 Å². The number of sulfonamides is 1. The maximum Gasteiger partial charge on any atom is 0.328 e. The summed E-state index contributed by atoms with van der Waals surface area (Å²) in [5.74, 6) is -0.484. The summed E-state index contributed by atoms with van der Waals surface area (Å²) in [6, 6.07) is -1.01. The number of hydrogen-bond donors (Lipinski definition) is 0. The molecule has 0 N–H and O–H groups in total. The van der Waals surface area contributed by atoms with Gasteiger partial charge in [0.2, 0.25) is 10.0 Å². The highest BCUT2D eigenvalue weighted by Gasteiger charge is 2.51. The molecule has 0 aromatic heterocycles. The molecule has 0 spiro atoms. The highest BCUT2D eigenvalue weighted by molar-refractivity contribution is 7.90. The van der Waals surface area contributed by atoms with Crippen molar-refractivity contribution in [2.75, 3.05) is 0 Å². The number of ether oxygens (including phenoxy) is 1. The molecule has 5 nitrogen and oxygen atoms in total. The zero-order valence-corrected chi connectivity index (χ0v) is 15.2. The van der Waals surface area contributed by atoms with Crippen molar-refractivity contribution in [3.8, 4) is 0 Å².